The van der Waals surface area contributed by atoms with Gasteiger partial charge in [0.25, 0.3) is 5.91 Å². The van der Waals surface area contributed by atoms with E-state index in [0.29, 0.717) is 25.5 Å². The molecule has 1 aliphatic rings. The number of nitrogens with one attached hydrogen (secondary N) is 1. The monoisotopic (exact) mass is 237 g/mol. The van der Waals surface area contributed by atoms with Crippen LogP contribution in [-0.2, 0) is 4.74 Å². The summed E-state index contributed by atoms with van der Waals surface area (Å²) >= 11 is 0. The average Bonchev–Trinajstić information content (AvgIpc) is 2.38. The van der Waals surface area contributed by atoms with E-state index in [0.717, 1.165) is 0 Å². The molecule has 0 spiro atoms. The fourth-order valence-corrected chi connectivity index (χ4v) is 1.70. The van der Waals surface area contributed by atoms with E-state index in [1.165, 1.54) is 12.4 Å². The molecule has 92 valence electrons. The van der Waals surface area contributed by atoms with Crippen LogP contribution in [-0.4, -0.2) is 46.6 Å². The van der Waals surface area contributed by atoms with Crippen LogP contribution in [0.5, 0.6) is 0 Å². The van der Waals surface area contributed by atoms with E-state index in [4.69, 9.17) is 10.6 Å². The minimum atomic E-state index is -0.148. The lowest BCUT2D eigenvalue weighted by Crippen LogP contribution is -2.44. The van der Waals surface area contributed by atoms with Crippen LogP contribution >= 0.6 is 0 Å². The van der Waals surface area contributed by atoms with Gasteiger partial charge in [0, 0.05) is 13.1 Å². The molecule has 2 rings (SSSR count). The number of hydrazine groups is 1. The fourth-order valence-electron chi connectivity index (χ4n) is 1.70. The summed E-state index contributed by atoms with van der Waals surface area (Å²) in [6.45, 7) is 3.63. The van der Waals surface area contributed by atoms with Crippen molar-refractivity contribution in [1.82, 2.24) is 14.9 Å². The van der Waals surface area contributed by atoms with Crippen molar-refractivity contribution in [3.05, 3.63) is 18.1 Å². The minimum Gasteiger partial charge on any atom is -0.375 e. The highest BCUT2D eigenvalue weighted by atomic mass is 16.5. The van der Waals surface area contributed by atoms with Gasteiger partial charge >= 0.3 is 0 Å². The average molecular weight is 237 g/mol. The Morgan fingerprint density at radius 3 is 3.18 bits per heavy atom. The number of nitrogens with zero attached hydrogens (tertiary/aromatic N) is 3. The summed E-state index contributed by atoms with van der Waals surface area (Å²) in [7, 11) is 0. The van der Waals surface area contributed by atoms with E-state index in [1.807, 2.05) is 6.92 Å². The Balaban J connectivity index is 2.12. The summed E-state index contributed by atoms with van der Waals surface area (Å²) in [6, 6.07) is 0. The normalized spacial score (nSPS) is 20.1. The zero-order chi connectivity index (χ0) is 12.3. The third-order valence-corrected chi connectivity index (χ3v) is 2.53. The molecule has 1 unspecified atom stereocenters. The maximum atomic E-state index is 12.1. The van der Waals surface area contributed by atoms with Gasteiger partial charge in [0.15, 0.2) is 5.82 Å². The van der Waals surface area contributed by atoms with Gasteiger partial charge in [-0.2, -0.15) is 0 Å². The van der Waals surface area contributed by atoms with E-state index >= 15 is 0 Å². The number of aromatic nitrogens is 2. The summed E-state index contributed by atoms with van der Waals surface area (Å²) in [4.78, 5) is 21.8. The Morgan fingerprint density at radius 2 is 2.47 bits per heavy atom. The topological polar surface area (TPSA) is 93.4 Å². The molecular weight excluding hydrogens is 222 g/mol. The first-order valence-corrected chi connectivity index (χ1v) is 5.40. The molecule has 1 aromatic heterocycles. The largest absolute Gasteiger partial charge is 0.375 e. The third-order valence-electron chi connectivity index (χ3n) is 2.53. The molecule has 2 heterocycles. The first-order chi connectivity index (χ1) is 8.20. The molecule has 1 atom stereocenters. The Morgan fingerprint density at radius 1 is 1.65 bits per heavy atom. The molecule has 7 heteroatoms. The SMILES string of the molecule is CC1CN(C(=O)c2cncc(NN)n2)CCO1. The highest BCUT2D eigenvalue weighted by molar-refractivity contribution is 5.92. The van der Waals surface area contributed by atoms with Crippen LogP contribution in [0.15, 0.2) is 12.4 Å². The summed E-state index contributed by atoms with van der Waals surface area (Å²) in [6.07, 6.45) is 2.94. The lowest BCUT2D eigenvalue weighted by molar-refractivity contribution is -0.0126. The maximum Gasteiger partial charge on any atom is 0.274 e. The predicted molar refractivity (Wildman–Crippen MR) is 61.2 cm³/mol. The number of ether oxygens (including phenoxy) is 1. The molecule has 7 nitrogen and oxygen atoms in total. The van der Waals surface area contributed by atoms with Crippen molar-refractivity contribution in [2.24, 2.45) is 5.84 Å². The fraction of sp³-hybridized carbons (Fsp3) is 0.500. The minimum absolute atomic E-state index is 0.0523. The number of nitrogens with two attached hydrogens (primary N) is 1. The molecule has 1 aromatic rings. The number of morpholine rings is 1. The number of hydrogen-bond acceptors (Lipinski definition) is 6. The Labute approximate surface area is 98.9 Å². The van der Waals surface area contributed by atoms with Crippen LogP contribution < -0.4 is 11.3 Å². The van der Waals surface area contributed by atoms with Crippen LogP contribution in [0.1, 0.15) is 17.4 Å². The van der Waals surface area contributed by atoms with Gasteiger partial charge in [0.1, 0.15) is 5.69 Å². The molecule has 1 saturated heterocycles. The first kappa shape index (κ1) is 11.7. The zero-order valence-corrected chi connectivity index (χ0v) is 9.59. The predicted octanol–water partition coefficient (Wildman–Crippen LogP) is -0.377. The number of amides is 1. The molecule has 0 aliphatic carbocycles. The van der Waals surface area contributed by atoms with Crippen molar-refractivity contribution in [3.63, 3.8) is 0 Å². The van der Waals surface area contributed by atoms with Gasteiger partial charge in [-0.25, -0.2) is 10.8 Å². The molecule has 3 N–H and O–H groups in total. The van der Waals surface area contributed by atoms with E-state index < -0.39 is 0 Å². The van der Waals surface area contributed by atoms with Gasteiger partial charge in [0.05, 0.1) is 25.1 Å². The number of carbonyl (C=O) groups excluding carboxylic acids is 1. The van der Waals surface area contributed by atoms with Gasteiger partial charge in [0.2, 0.25) is 0 Å². The quantitative estimate of drug-likeness (QED) is 0.538. The summed E-state index contributed by atoms with van der Waals surface area (Å²) in [5.41, 5.74) is 2.65. The highest BCUT2D eigenvalue weighted by Crippen LogP contribution is 2.09. The van der Waals surface area contributed by atoms with E-state index in [9.17, 15) is 4.79 Å². The zero-order valence-electron chi connectivity index (χ0n) is 9.59. The Hall–Kier alpha value is -1.73. The van der Waals surface area contributed by atoms with Crippen molar-refractivity contribution < 1.29 is 9.53 Å². The maximum absolute atomic E-state index is 12.1. The molecule has 0 aromatic carbocycles. The molecule has 1 amide bonds. The van der Waals surface area contributed by atoms with Gasteiger partial charge in [-0.05, 0) is 6.92 Å². The highest BCUT2D eigenvalue weighted by Gasteiger charge is 2.23. The van der Waals surface area contributed by atoms with Gasteiger partial charge in [-0.15, -0.1) is 0 Å². The summed E-state index contributed by atoms with van der Waals surface area (Å²) < 4.78 is 5.38. The van der Waals surface area contributed by atoms with Crippen molar-refractivity contribution in [2.75, 3.05) is 25.1 Å². The molecule has 17 heavy (non-hydrogen) atoms. The number of nitrogen functional groups attached to an aromatic ring is 1. The summed E-state index contributed by atoms with van der Waals surface area (Å²) in [5.74, 6) is 5.45. The lowest BCUT2D eigenvalue weighted by atomic mass is 10.2. The van der Waals surface area contributed by atoms with Crippen LogP contribution in [0.25, 0.3) is 0 Å². The second kappa shape index (κ2) is 5.07. The van der Waals surface area contributed by atoms with Crippen molar-refractivity contribution in [2.45, 2.75) is 13.0 Å². The third kappa shape index (κ3) is 2.69. The van der Waals surface area contributed by atoms with E-state index in [1.54, 1.807) is 4.90 Å². The van der Waals surface area contributed by atoms with E-state index in [2.05, 4.69) is 15.4 Å². The molecule has 1 aliphatic heterocycles. The van der Waals surface area contributed by atoms with Crippen LogP contribution in [0.3, 0.4) is 0 Å². The van der Waals surface area contributed by atoms with Crippen molar-refractivity contribution in [3.8, 4) is 0 Å². The van der Waals surface area contributed by atoms with Crippen LogP contribution in [0.4, 0.5) is 5.82 Å². The number of carbonyl (C=O) groups is 1. The van der Waals surface area contributed by atoms with E-state index in [-0.39, 0.29) is 17.7 Å². The molecule has 1 fully saturated rings. The molecule has 0 radical (unpaired) electrons. The Kier molecular flexibility index (Phi) is 3.50. The number of hydrogen-bond donors (Lipinski definition) is 2. The van der Waals surface area contributed by atoms with Gasteiger partial charge < -0.3 is 15.1 Å². The number of anilines is 1. The lowest BCUT2D eigenvalue weighted by Gasteiger charge is -2.30. The van der Waals surface area contributed by atoms with Crippen LogP contribution in [0, 0.1) is 0 Å². The second-order valence-corrected chi connectivity index (χ2v) is 3.87. The van der Waals surface area contributed by atoms with Crippen molar-refractivity contribution in [1.29, 1.82) is 0 Å². The number of rotatable bonds is 2. The first-order valence-electron chi connectivity index (χ1n) is 5.40. The smallest absolute Gasteiger partial charge is 0.274 e. The Bertz CT molecular complexity index is 411. The summed E-state index contributed by atoms with van der Waals surface area (Å²) in [5, 5.41) is 0. The molecule has 0 saturated carbocycles. The van der Waals surface area contributed by atoms with Gasteiger partial charge in [-0.1, -0.05) is 0 Å². The van der Waals surface area contributed by atoms with Crippen LogP contribution in [0.2, 0.25) is 0 Å². The second-order valence-electron chi connectivity index (χ2n) is 3.87. The standard InChI is InChI=1S/C10H15N5O2/c1-7-6-15(2-3-17-7)10(16)8-4-12-5-9(13-8)14-11/h4-5,7H,2-3,6,11H2,1H3,(H,13,14). The van der Waals surface area contributed by atoms with Crippen molar-refractivity contribution >= 4 is 11.7 Å². The molecular formula is C10H15N5O2. The van der Waals surface area contributed by atoms with Gasteiger partial charge in [-0.3, -0.25) is 9.78 Å². The molecule has 0 bridgehead atoms.